The highest BCUT2D eigenvalue weighted by Crippen LogP contribution is 2.22. The summed E-state index contributed by atoms with van der Waals surface area (Å²) >= 11 is 0. The van der Waals surface area contributed by atoms with E-state index in [1.807, 2.05) is 6.07 Å². The fourth-order valence-electron chi connectivity index (χ4n) is 1.01. The highest BCUT2D eigenvalue weighted by Gasteiger charge is 2.06. The average molecular weight is 176 g/mol. The lowest BCUT2D eigenvalue weighted by atomic mass is 10.1. The zero-order chi connectivity index (χ0) is 9.84. The minimum atomic E-state index is -0.523. The molecule has 0 radical (unpaired) electrons. The molecule has 0 heterocycles. The Morgan fingerprint density at radius 1 is 1.54 bits per heavy atom. The van der Waals surface area contributed by atoms with Crippen LogP contribution < -0.4 is 0 Å². The Kier molecular flexibility index (Phi) is 2.53. The lowest BCUT2D eigenvalue weighted by Crippen LogP contribution is -1.85. The maximum absolute atomic E-state index is 12.8. The number of halogens is 1. The van der Waals surface area contributed by atoms with Crippen molar-refractivity contribution in [1.82, 2.24) is 0 Å². The average Bonchev–Trinajstić information content (AvgIpc) is 2.04. The molecule has 0 unspecified atom stereocenters. The van der Waals surface area contributed by atoms with Gasteiger partial charge in [-0.3, -0.25) is 0 Å². The molecule has 0 saturated heterocycles. The van der Waals surface area contributed by atoms with Gasteiger partial charge in [0.25, 0.3) is 0 Å². The molecule has 0 aliphatic carbocycles. The third-order valence-electron chi connectivity index (χ3n) is 1.56. The van der Waals surface area contributed by atoms with Gasteiger partial charge in [0.05, 0.1) is 11.3 Å². The summed E-state index contributed by atoms with van der Waals surface area (Å²) in [4.78, 5) is 13.2. The highest BCUT2D eigenvalue weighted by molar-refractivity contribution is 5.61. The van der Waals surface area contributed by atoms with E-state index in [1.165, 1.54) is 12.1 Å². The van der Waals surface area contributed by atoms with E-state index >= 15 is 0 Å². The molecular weight excluding hydrogens is 171 g/mol. The number of rotatable bonds is 1. The fraction of sp³-hybridized carbons (Fsp3) is 0.111. The van der Waals surface area contributed by atoms with Crippen LogP contribution >= 0.6 is 0 Å². The molecule has 0 N–H and O–H groups in total. The van der Waals surface area contributed by atoms with Crippen LogP contribution in [0.1, 0.15) is 11.1 Å². The van der Waals surface area contributed by atoms with Crippen LogP contribution in [0.2, 0.25) is 0 Å². The summed E-state index contributed by atoms with van der Waals surface area (Å²) in [5, 5.41) is 8.65. The van der Waals surface area contributed by atoms with Gasteiger partial charge in [0, 0.05) is 6.07 Å². The quantitative estimate of drug-likeness (QED) is 0.485. The minimum Gasteiger partial charge on any atom is -0.211 e. The third kappa shape index (κ3) is 1.78. The van der Waals surface area contributed by atoms with Crippen molar-refractivity contribution in [3.05, 3.63) is 29.1 Å². The highest BCUT2D eigenvalue weighted by atomic mass is 19.1. The van der Waals surface area contributed by atoms with Crippen molar-refractivity contribution in [1.29, 1.82) is 5.26 Å². The van der Waals surface area contributed by atoms with Crippen LogP contribution in [-0.2, 0) is 4.79 Å². The summed E-state index contributed by atoms with van der Waals surface area (Å²) in [6.45, 7) is 1.57. The van der Waals surface area contributed by atoms with E-state index in [-0.39, 0.29) is 11.3 Å². The van der Waals surface area contributed by atoms with Gasteiger partial charge in [0.15, 0.2) is 0 Å². The first-order valence-electron chi connectivity index (χ1n) is 3.47. The third-order valence-corrected chi connectivity index (χ3v) is 1.56. The van der Waals surface area contributed by atoms with E-state index in [0.717, 1.165) is 6.07 Å². The monoisotopic (exact) mass is 176 g/mol. The van der Waals surface area contributed by atoms with Crippen molar-refractivity contribution in [2.24, 2.45) is 4.99 Å². The van der Waals surface area contributed by atoms with Crippen molar-refractivity contribution in [3.63, 3.8) is 0 Å². The zero-order valence-electron chi connectivity index (χ0n) is 6.84. The Balaban J connectivity index is 3.49. The van der Waals surface area contributed by atoms with Crippen molar-refractivity contribution >= 4 is 11.8 Å². The number of isocyanates is 1. The molecular formula is C9H5FN2O. The topological polar surface area (TPSA) is 53.2 Å². The van der Waals surface area contributed by atoms with Gasteiger partial charge >= 0.3 is 0 Å². The molecule has 0 aromatic heterocycles. The van der Waals surface area contributed by atoms with Crippen LogP contribution in [0.3, 0.4) is 0 Å². The van der Waals surface area contributed by atoms with Gasteiger partial charge < -0.3 is 0 Å². The Morgan fingerprint density at radius 3 is 2.77 bits per heavy atom. The first kappa shape index (κ1) is 9.11. The molecule has 0 bridgehead atoms. The predicted molar refractivity (Wildman–Crippen MR) is 43.6 cm³/mol. The second kappa shape index (κ2) is 3.61. The van der Waals surface area contributed by atoms with Crippen molar-refractivity contribution in [2.75, 3.05) is 0 Å². The van der Waals surface area contributed by atoms with Crippen molar-refractivity contribution in [2.45, 2.75) is 6.92 Å². The maximum atomic E-state index is 12.8. The number of hydrogen-bond donors (Lipinski definition) is 0. The van der Waals surface area contributed by atoms with Crippen LogP contribution in [0.25, 0.3) is 0 Å². The van der Waals surface area contributed by atoms with E-state index in [4.69, 9.17) is 5.26 Å². The molecule has 1 aromatic carbocycles. The van der Waals surface area contributed by atoms with E-state index < -0.39 is 5.82 Å². The summed E-state index contributed by atoms with van der Waals surface area (Å²) in [7, 11) is 0. The molecule has 0 fully saturated rings. The van der Waals surface area contributed by atoms with Crippen molar-refractivity contribution in [3.8, 4) is 6.07 Å². The first-order valence-corrected chi connectivity index (χ1v) is 3.47. The SMILES string of the molecule is Cc1cc(F)cc(N=C=O)c1C#N. The normalized spacial score (nSPS) is 8.69. The molecule has 0 spiro atoms. The van der Waals surface area contributed by atoms with Crippen LogP contribution in [0.4, 0.5) is 10.1 Å². The predicted octanol–water partition coefficient (Wildman–Crippen LogP) is 1.97. The van der Waals surface area contributed by atoms with E-state index in [0.29, 0.717) is 5.56 Å². The van der Waals surface area contributed by atoms with E-state index in [2.05, 4.69) is 4.99 Å². The Hall–Kier alpha value is -1.98. The smallest absolute Gasteiger partial charge is 0.211 e. The second-order valence-electron chi connectivity index (χ2n) is 2.43. The number of aliphatic imine (C=N–C) groups is 1. The number of benzene rings is 1. The first-order chi connectivity index (χ1) is 6.19. The van der Waals surface area contributed by atoms with Gasteiger partial charge in [-0.05, 0) is 18.6 Å². The number of hydrogen-bond acceptors (Lipinski definition) is 3. The van der Waals surface area contributed by atoms with E-state index in [1.54, 1.807) is 6.92 Å². The van der Waals surface area contributed by atoms with Crippen LogP contribution in [0.15, 0.2) is 17.1 Å². The molecule has 4 heteroatoms. The van der Waals surface area contributed by atoms with Gasteiger partial charge in [-0.25, -0.2) is 9.18 Å². The Labute approximate surface area is 74.1 Å². The van der Waals surface area contributed by atoms with Gasteiger partial charge in [-0.2, -0.15) is 10.3 Å². The molecule has 0 atom stereocenters. The second-order valence-corrected chi connectivity index (χ2v) is 2.43. The van der Waals surface area contributed by atoms with Gasteiger partial charge in [0.2, 0.25) is 6.08 Å². The molecule has 0 aliphatic rings. The molecule has 0 saturated carbocycles. The number of nitriles is 1. The molecule has 13 heavy (non-hydrogen) atoms. The minimum absolute atomic E-state index is 0.0231. The largest absolute Gasteiger partial charge is 0.240 e. The lowest BCUT2D eigenvalue weighted by molar-refractivity contribution is 0.565. The molecule has 0 amide bonds. The van der Waals surface area contributed by atoms with Crippen LogP contribution in [-0.4, -0.2) is 6.08 Å². The van der Waals surface area contributed by atoms with Crippen molar-refractivity contribution < 1.29 is 9.18 Å². The number of nitrogens with zero attached hydrogens (tertiary/aromatic N) is 2. The number of aryl methyl sites for hydroxylation is 1. The maximum Gasteiger partial charge on any atom is 0.240 e. The molecule has 1 aromatic rings. The molecule has 0 aliphatic heterocycles. The number of carbonyl (C=O) groups excluding carboxylic acids is 1. The van der Waals surface area contributed by atoms with Gasteiger partial charge in [-0.1, -0.05) is 0 Å². The summed E-state index contributed by atoms with van der Waals surface area (Å²) < 4.78 is 12.8. The van der Waals surface area contributed by atoms with Crippen LogP contribution in [0, 0.1) is 24.1 Å². The Bertz CT molecular complexity index is 428. The lowest BCUT2D eigenvalue weighted by Gasteiger charge is -1.99. The fourth-order valence-corrected chi connectivity index (χ4v) is 1.01. The molecule has 64 valence electrons. The van der Waals surface area contributed by atoms with E-state index in [9.17, 15) is 9.18 Å². The molecule has 3 nitrogen and oxygen atoms in total. The summed E-state index contributed by atoms with van der Waals surface area (Å²) in [6, 6.07) is 4.07. The van der Waals surface area contributed by atoms with Crippen LogP contribution in [0.5, 0.6) is 0 Å². The molecule has 1 rings (SSSR count). The summed E-state index contributed by atoms with van der Waals surface area (Å²) in [5.41, 5.74) is 0.677. The summed E-state index contributed by atoms with van der Waals surface area (Å²) in [6.07, 6.45) is 1.27. The Morgan fingerprint density at radius 2 is 2.23 bits per heavy atom. The van der Waals surface area contributed by atoms with Gasteiger partial charge in [0.1, 0.15) is 11.9 Å². The van der Waals surface area contributed by atoms with Gasteiger partial charge in [-0.15, -0.1) is 0 Å². The summed E-state index contributed by atoms with van der Waals surface area (Å²) in [5.74, 6) is -0.523. The standard InChI is InChI=1S/C9H5FN2O/c1-6-2-7(10)3-9(12-5-13)8(6)4-11/h2-3H,1H3. The zero-order valence-corrected chi connectivity index (χ0v) is 6.84.